The minimum atomic E-state index is 0.179. The number of hydrogen-bond donors (Lipinski definition) is 1. The second-order valence-electron chi connectivity index (χ2n) is 5.04. The van der Waals surface area contributed by atoms with Gasteiger partial charge in [-0.25, -0.2) is 0 Å². The van der Waals surface area contributed by atoms with Crippen LogP contribution in [-0.4, -0.2) is 23.9 Å². The zero-order valence-electron chi connectivity index (χ0n) is 10.6. The Labute approximate surface area is 120 Å². The van der Waals surface area contributed by atoms with Crippen molar-refractivity contribution >= 4 is 33.2 Å². The zero-order valence-corrected chi connectivity index (χ0v) is 13.0. The molecule has 1 saturated carbocycles. The van der Waals surface area contributed by atoms with Crippen molar-refractivity contribution in [1.29, 1.82) is 0 Å². The molecule has 1 aliphatic carbocycles. The average Bonchev–Trinajstić information content (AvgIpc) is 2.75. The molecule has 0 aromatic carbocycles. The van der Waals surface area contributed by atoms with E-state index in [0.29, 0.717) is 12.6 Å². The maximum absolute atomic E-state index is 12.3. The first-order valence-electron chi connectivity index (χ1n) is 6.29. The fourth-order valence-corrected chi connectivity index (χ4v) is 3.93. The van der Waals surface area contributed by atoms with Gasteiger partial charge in [0.25, 0.3) is 0 Å². The first kappa shape index (κ1) is 14.0. The summed E-state index contributed by atoms with van der Waals surface area (Å²) >= 11 is 5.12. The quantitative estimate of drug-likeness (QED) is 0.925. The molecule has 0 unspecified atom stereocenters. The van der Waals surface area contributed by atoms with Crippen LogP contribution in [0.1, 0.15) is 30.6 Å². The highest BCUT2D eigenvalue weighted by molar-refractivity contribution is 9.10. The van der Waals surface area contributed by atoms with Crippen LogP contribution < -0.4 is 5.73 Å². The van der Waals surface area contributed by atoms with Crippen LogP contribution in [0.2, 0.25) is 0 Å². The zero-order chi connectivity index (χ0) is 13.1. The Morgan fingerprint density at radius 1 is 1.50 bits per heavy atom. The molecule has 0 atom stereocenters. The summed E-state index contributed by atoms with van der Waals surface area (Å²) < 4.78 is 1.09. The number of halogens is 1. The van der Waals surface area contributed by atoms with Gasteiger partial charge >= 0.3 is 0 Å². The first-order chi connectivity index (χ1) is 8.56. The molecule has 2 N–H and O–H groups in total. The van der Waals surface area contributed by atoms with E-state index in [0.717, 1.165) is 30.2 Å². The van der Waals surface area contributed by atoms with Crippen molar-refractivity contribution in [1.82, 2.24) is 4.90 Å². The van der Waals surface area contributed by atoms with E-state index < -0.39 is 0 Å². The molecule has 1 heterocycles. The highest BCUT2D eigenvalue weighted by Crippen LogP contribution is 2.26. The van der Waals surface area contributed by atoms with E-state index in [1.54, 1.807) is 11.3 Å². The molecule has 0 spiro atoms. The topological polar surface area (TPSA) is 46.3 Å². The van der Waals surface area contributed by atoms with Gasteiger partial charge in [0.15, 0.2) is 0 Å². The highest BCUT2D eigenvalue weighted by atomic mass is 79.9. The van der Waals surface area contributed by atoms with Gasteiger partial charge in [0.1, 0.15) is 0 Å². The van der Waals surface area contributed by atoms with Crippen molar-refractivity contribution in [3.05, 3.63) is 20.8 Å². The molecule has 18 heavy (non-hydrogen) atoms. The molecule has 0 aliphatic heterocycles. The van der Waals surface area contributed by atoms with E-state index in [-0.39, 0.29) is 11.8 Å². The lowest BCUT2D eigenvalue weighted by Gasteiger charge is -2.28. The minimum absolute atomic E-state index is 0.179. The van der Waals surface area contributed by atoms with Gasteiger partial charge in [-0.2, -0.15) is 0 Å². The van der Waals surface area contributed by atoms with Gasteiger partial charge in [-0.15, -0.1) is 11.3 Å². The molecular formula is C13H19BrN2OS. The van der Waals surface area contributed by atoms with Crippen molar-refractivity contribution in [3.63, 3.8) is 0 Å². The minimum Gasteiger partial charge on any atom is -0.340 e. The van der Waals surface area contributed by atoms with E-state index in [1.165, 1.54) is 4.88 Å². The van der Waals surface area contributed by atoms with Crippen molar-refractivity contribution < 1.29 is 4.79 Å². The monoisotopic (exact) mass is 330 g/mol. The summed E-state index contributed by atoms with van der Waals surface area (Å²) in [5.74, 6) is 0.449. The number of carbonyl (C=O) groups excluding carboxylic acids is 1. The summed E-state index contributed by atoms with van der Waals surface area (Å²) in [7, 11) is 1.89. The molecule has 0 saturated heterocycles. The summed E-state index contributed by atoms with van der Waals surface area (Å²) in [6, 6.07) is 2.37. The molecular weight excluding hydrogens is 312 g/mol. The van der Waals surface area contributed by atoms with Gasteiger partial charge in [0.2, 0.25) is 5.91 Å². The molecule has 5 heteroatoms. The fraction of sp³-hybridized carbons (Fsp3) is 0.615. The maximum atomic E-state index is 12.3. The summed E-state index contributed by atoms with van der Waals surface area (Å²) in [5.41, 5.74) is 5.87. The summed E-state index contributed by atoms with van der Waals surface area (Å²) in [6.45, 7) is 0.706. The SMILES string of the molecule is CN(Cc1cc(Br)cs1)C(=O)C1CCC(N)CC1. The number of carbonyl (C=O) groups is 1. The van der Waals surface area contributed by atoms with Crippen molar-refractivity contribution in [3.8, 4) is 0 Å². The third-order valence-corrected chi connectivity index (χ3v) is 5.19. The van der Waals surface area contributed by atoms with Crippen molar-refractivity contribution in [2.45, 2.75) is 38.3 Å². The standard InChI is InChI=1S/C13H19BrN2OS/c1-16(7-12-6-10(14)8-18-12)13(17)9-2-4-11(15)5-3-9/h6,8-9,11H,2-5,7,15H2,1H3. The molecule has 2 rings (SSSR count). The van der Waals surface area contributed by atoms with Crippen molar-refractivity contribution in [2.24, 2.45) is 11.7 Å². The van der Waals surface area contributed by atoms with Crippen molar-refractivity contribution in [2.75, 3.05) is 7.05 Å². The summed E-state index contributed by atoms with van der Waals surface area (Å²) in [5, 5.41) is 2.05. The normalized spacial score (nSPS) is 23.9. The molecule has 100 valence electrons. The van der Waals surface area contributed by atoms with E-state index in [4.69, 9.17) is 5.73 Å². The second kappa shape index (κ2) is 6.17. The van der Waals surface area contributed by atoms with Gasteiger partial charge in [-0.1, -0.05) is 0 Å². The number of amides is 1. The van der Waals surface area contributed by atoms with Crippen LogP contribution >= 0.6 is 27.3 Å². The third kappa shape index (κ3) is 3.56. The average molecular weight is 331 g/mol. The molecule has 1 aromatic rings. The molecule has 1 aliphatic rings. The van der Waals surface area contributed by atoms with Gasteiger partial charge in [-0.3, -0.25) is 4.79 Å². The molecule has 1 aromatic heterocycles. The van der Waals surface area contributed by atoms with Gasteiger partial charge < -0.3 is 10.6 Å². The Balaban J connectivity index is 1.88. The van der Waals surface area contributed by atoms with Gasteiger partial charge in [0.05, 0.1) is 6.54 Å². The van der Waals surface area contributed by atoms with E-state index in [1.807, 2.05) is 17.3 Å². The number of nitrogens with two attached hydrogens (primary N) is 1. The molecule has 0 radical (unpaired) electrons. The van der Waals surface area contributed by atoms with E-state index >= 15 is 0 Å². The maximum Gasteiger partial charge on any atom is 0.225 e. The van der Waals surface area contributed by atoms with Crippen LogP contribution in [0.5, 0.6) is 0 Å². The molecule has 0 bridgehead atoms. The predicted molar refractivity (Wildman–Crippen MR) is 78.4 cm³/mol. The fourth-order valence-electron chi connectivity index (χ4n) is 2.43. The highest BCUT2D eigenvalue weighted by Gasteiger charge is 2.26. The van der Waals surface area contributed by atoms with Crippen LogP contribution in [0.15, 0.2) is 15.9 Å². The Kier molecular flexibility index (Phi) is 4.81. The Morgan fingerprint density at radius 3 is 2.72 bits per heavy atom. The Hall–Kier alpha value is -0.390. The second-order valence-corrected chi connectivity index (χ2v) is 6.95. The Bertz CT molecular complexity index is 413. The number of hydrogen-bond acceptors (Lipinski definition) is 3. The molecule has 3 nitrogen and oxygen atoms in total. The van der Waals surface area contributed by atoms with Gasteiger partial charge in [0, 0.05) is 33.7 Å². The Morgan fingerprint density at radius 2 is 2.17 bits per heavy atom. The number of rotatable bonds is 3. The van der Waals surface area contributed by atoms with Crippen LogP contribution in [0.25, 0.3) is 0 Å². The lowest BCUT2D eigenvalue weighted by atomic mass is 9.85. The largest absolute Gasteiger partial charge is 0.340 e. The number of nitrogens with zero attached hydrogens (tertiary/aromatic N) is 1. The first-order valence-corrected chi connectivity index (χ1v) is 7.97. The molecule has 1 fully saturated rings. The number of thiophene rings is 1. The summed E-state index contributed by atoms with van der Waals surface area (Å²) in [6.07, 6.45) is 3.85. The van der Waals surface area contributed by atoms with E-state index in [9.17, 15) is 4.79 Å². The third-order valence-electron chi connectivity index (χ3n) is 3.51. The van der Waals surface area contributed by atoms with Gasteiger partial charge in [-0.05, 0) is 47.7 Å². The lowest BCUT2D eigenvalue weighted by molar-refractivity contribution is -0.135. The molecule has 1 amide bonds. The van der Waals surface area contributed by atoms with E-state index in [2.05, 4.69) is 22.0 Å². The predicted octanol–water partition coefficient (Wildman–Crippen LogP) is 2.99. The van der Waals surface area contributed by atoms with Crippen LogP contribution in [-0.2, 0) is 11.3 Å². The van der Waals surface area contributed by atoms with Crippen LogP contribution in [0.4, 0.5) is 0 Å². The summed E-state index contributed by atoms with van der Waals surface area (Å²) in [4.78, 5) is 15.4. The lowest BCUT2D eigenvalue weighted by Crippen LogP contribution is -2.37. The smallest absolute Gasteiger partial charge is 0.225 e. The van der Waals surface area contributed by atoms with Crippen LogP contribution in [0, 0.1) is 5.92 Å². The van der Waals surface area contributed by atoms with Crippen LogP contribution in [0.3, 0.4) is 0 Å².